The quantitative estimate of drug-likeness (QED) is 0.431. The second kappa shape index (κ2) is 8.47. The number of nitrogens with one attached hydrogen (secondary N) is 1. The maximum atomic E-state index is 13.0. The first kappa shape index (κ1) is 19.3. The second-order valence-electron chi connectivity index (χ2n) is 6.40. The van der Waals surface area contributed by atoms with E-state index in [1.165, 1.54) is 29.3 Å². The van der Waals surface area contributed by atoms with Crippen LogP contribution in [0.25, 0.3) is 0 Å². The van der Waals surface area contributed by atoms with Gasteiger partial charge in [0.15, 0.2) is 0 Å². The van der Waals surface area contributed by atoms with Gasteiger partial charge < -0.3 is 5.32 Å². The predicted octanol–water partition coefficient (Wildman–Crippen LogP) is 4.66. The third-order valence-electron chi connectivity index (χ3n) is 4.52. The minimum atomic E-state index is -0.470. The molecule has 1 amide bonds. The van der Waals surface area contributed by atoms with Crippen molar-refractivity contribution in [2.75, 3.05) is 10.3 Å². The zero-order valence-electron chi connectivity index (χ0n) is 15.9. The smallest absolute Gasteiger partial charge is 0.282 e. The Morgan fingerprint density at radius 2 is 1.86 bits per heavy atom. The predicted molar refractivity (Wildman–Crippen MR) is 110 cm³/mol. The molecule has 0 aliphatic carbocycles. The Morgan fingerprint density at radius 1 is 1.14 bits per heavy atom. The van der Waals surface area contributed by atoms with Crippen molar-refractivity contribution in [1.82, 2.24) is 0 Å². The molecule has 0 aromatic heterocycles. The van der Waals surface area contributed by atoms with Crippen LogP contribution in [0.5, 0.6) is 0 Å². The molecular formula is C21H22N4O3. The van der Waals surface area contributed by atoms with Gasteiger partial charge in [0, 0.05) is 24.0 Å². The molecule has 144 valence electrons. The normalized spacial score (nSPS) is 15.1. The third-order valence-corrected chi connectivity index (χ3v) is 4.52. The lowest BCUT2D eigenvalue weighted by Crippen LogP contribution is -2.22. The lowest BCUT2D eigenvalue weighted by Gasteiger charge is -2.11. The van der Waals surface area contributed by atoms with E-state index >= 15 is 0 Å². The van der Waals surface area contributed by atoms with Crippen LogP contribution in [0.2, 0.25) is 0 Å². The number of non-ortho nitro benzene ring substituents is 1. The minimum absolute atomic E-state index is 0.0261. The summed E-state index contributed by atoms with van der Waals surface area (Å²) in [5.41, 5.74) is 3.79. The maximum absolute atomic E-state index is 13.0. The third kappa shape index (κ3) is 3.93. The van der Waals surface area contributed by atoms with Crippen LogP contribution in [0.3, 0.4) is 0 Å². The first-order chi connectivity index (χ1) is 13.5. The summed E-state index contributed by atoms with van der Waals surface area (Å²) in [6, 6.07) is 13.8. The molecule has 0 saturated carbocycles. The van der Waals surface area contributed by atoms with Gasteiger partial charge in [0.05, 0.1) is 21.9 Å². The van der Waals surface area contributed by atoms with Gasteiger partial charge >= 0.3 is 0 Å². The van der Waals surface area contributed by atoms with Gasteiger partial charge in [0.1, 0.15) is 0 Å². The van der Waals surface area contributed by atoms with Crippen molar-refractivity contribution in [2.24, 2.45) is 5.10 Å². The summed E-state index contributed by atoms with van der Waals surface area (Å²) in [7, 11) is 0. The largest absolute Gasteiger partial charge is 0.361 e. The van der Waals surface area contributed by atoms with E-state index in [1.807, 2.05) is 31.2 Å². The molecule has 0 fully saturated rings. The zero-order chi connectivity index (χ0) is 20.1. The van der Waals surface area contributed by atoms with Crippen LogP contribution in [-0.2, 0) is 11.2 Å². The monoisotopic (exact) mass is 378 g/mol. The molecule has 1 heterocycles. The van der Waals surface area contributed by atoms with E-state index in [0.717, 1.165) is 24.1 Å². The number of carbonyl (C=O) groups excluding carboxylic acids is 1. The fourth-order valence-corrected chi connectivity index (χ4v) is 3.03. The average Bonchev–Trinajstić information content (AvgIpc) is 3.02. The fraction of sp³-hybridized carbons (Fsp3) is 0.238. The molecule has 1 aliphatic heterocycles. The Morgan fingerprint density at radius 3 is 2.50 bits per heavy atom. The molecule has 0 radical (unpaired) electrons. The van der Waals surface area contributed by atoms with Gasteiger partial charge in [-0.2, -0.15) is 10.1 Å². The number of hydrogen-bond acceptors (Lipinski definition) is 5. The number of anilines is 2. The van der Waals surface area contributed by atoms with Gasteiger partial charge in [-0.15, -0.1) is 0 Å². The van der Waals surface area contributed by atoms with Crippen LogP contribution < -0.4 is 10.3 Å². The summed E-state index contributed by atoms with van der Waals surface area (Å²) in [6.45, 7) is 4.10. The molecular weight excluding hydrogens is 356 g/mol. The van der Waals surface area contributed by atoms with Crippen LogP contribution >= 0.6 is 0 Å². The molecule has 0 bridgehead atoms. The maximum Gasteiger partial charge on any atom is 0.282 e. The number of benzene rings is 2. The highest BCUT2D eigenvalue weighted by Crippen LogP contribution is 2.27. The Balaban J connectivity index is 1.88. The van der Waals surface area contributed by atoms with Crippen LogP contribution in [0.4, 0.5) is 17.1 Å². The number of nitro groups is 1. The second-order valence-corrected chi connectivity index (χ2v) is 6.40. The summed E-state index contributed by atoms with van der Waals surface area (Å²) in [4.78, 5) is 23.3. The van der Waals surface area contributed by atoms with Gasteiger partial charge in [-0.05, 0) is 36.6 Å². The van der Waals surface area contributed by atoms with Crippen LogP contribution in [0.1, 0.15) is 32.3 Å². The molecule has 0 unspecified atom stereocenters. The summed E-state index contributed by atoms with van der Waals surface area (Å²) in [5.74, 6) is -0.251. The topological polar surface area (TPSA) is 87.8 Å². The van der Waals surface area contributed by atoms with E-state index < -0.39 is 4.92 Å². The average molecular weight is 378 g/mol. The van der Waals surface area contributed by atoms with Crippen molar-refractivity contribution in [3.05, 3.63) is 76.0 Å². The first-order valence-corrected chi connectivity index (χ1v) is 9.26. The molecule has 2 aromatic carbocycles. The van der Waals surface area contributed by atoms with Crippen LogP contribution in [0, 0.1) is 10.1 Å². The number of carbonyl (C=O) groups is 1. The number of hydrazone groups is 1. The van der Waals surface area contributed by atoms with Gasteiger partial charge in [-0.25, -0.2) is 0 Å². The summed E-state index contributed by atoms with van der Waals surface area (Å²) in [6.07, 6.45) is 4.10. The van der Waals surface area contributed by atoms with Crippen LogP contribution in [0.15, 0.2) is 65.4 Å². The van der Waals surface area contributed by atoms with Gasteiger partial charge in [-0.1, -0.05) is 38.5 Å². The van der Waals surface area contributed by atoms with Crippen LogP contribution in [-0.4, -0.2) is 16.5 Å². The molecule has 1 aliphatic rings. The Kier molecular flexibility index (Phi) is 5.84. The molecule has 0 atom stereocenters. The number of aryl methyl sites for hydroxylation is 1. The number of nitro benzene ring substituents is 1. The lowest BCUT2D eigenvalue weighted by molar-refractivity contribution is -0.384. The Bertz CT molecular complexity index is 948. The van der Waals surface area contributed by atoms with Crippen molar-refractivity contribution in [1.29, 1.82) is 0 Å². The van der Waals surface area contributed by atoms with Crippen molar-refractivity contribution in [3.63, 3.8) is 0 Å². The first-order valence-electron chi connectivity index (χ1n) is 9.26. The standard InChI is InChI=1S/C21H22N4O3/c1-3-7-20-18(14-22-19-9-6-5-8-15(19)4-2)21(26)24(23-20)16-10-12-17(13-11-16)25(27)28/h5-6,8-14,22H,3-4,7H2,1-2H3. The number of amides is 1. The SMILES string of the molecule is CCCC1=NN(c2ccc([N+](=O)[O-])cc2)C(=O)C1=CNc1ccccc1CC. The van der Waals surface area contributed by atoms with Gasteiger partial charge in [-0.3, -0.25) is 14.9 Å². The van der Waals surface area contributed by atoms with Gasteiger partial charge in [0.2, 0.25) is 0 Å². The Hall–Kier alpha value is -3.48. The Labute approximate surface area is 163 Å². The highest BCUT2D eigenvalue weighted by molar-refractivity contribution is 6.30. The highest BCUT2D eigenvalue weighted by Gasteiger charge is 2.30. The van der Waals surface area contributed by atoms with E-state index in [9.17, 15) is 14.9 Å². The molecule has 1 N–H and O–H groups in total. The van der Waals surface area contributed by atoms with E-state index in [0.29, 0.717) is 23.4 Å². The number of nitrogens with zero attached hydrogens (tertiary/aromatic N) is 3. The number of para-hydroxylation sites is 1. The van der Waals surface area contributed by atoms with E-state index in [2.05, 4.69) is 17.3 Å². The highest BCUT2D eigenvalue weighted by atomic mass is 16.6. The van der Waals surface area contributed by atoms with E-state index in [1.54, 1.807) is 6.20 Å². The lowest BCUT2D eigenvalue weighted by atomic mass is 10.1. The molecule has 3 rings (SSSR count). The van der Waals surface area contributed by atoms with E-state index in [4.69, 9.17) is 0 Å². The molecule has 28 heavy (non-hydrogen) atoms. The summed E-state index contributed by atoms with van der Waals surface area (Å²) >= 11 is 0. The summed E-state index contributed by atoms with van der Waals surface area (Å²) in [5, 5.41) is 19.8. The number of hydrogen-bond donors (Lipinski definition) is 1. The van der Waals surface area contributed by atoms with Crippen molar-refractivity contribution >= 4 is 28.7 Å². The number of rotatable bonds is 7. The van der Waals surface area contributed by atoms with E-state index in [-0.39, 0.29) is 11.6 Å². The fourth-order valence-electron chi connectivity index (χ4n) is 3.03. The molecule has 7 nitrogen and oxygen atoms in total. The van der Waals surface area contributed by atoms with Crippen molar-refractivity contribution in [3.8, 4) is 0 Å². The van der Waals surface area contributed by atoms with Gasteiger partial charge in [0.25, 0.3) is 11.6 Å². The zero-order valence-corrected chi connectivity index (χ0v) is 15.9. The molecule has 2 aromatic rings. The molecule has 0 saturated heterocycles. The van der Waals surface area contributed by atoms with Crippen molar-refractivity contribution < 1.29 is 9.72 Å². The van der Waals surface area contributed by atoms with Crippen molar-refractivity contribution in [2.45, 2.75) is 33.1 Å². The molecule has 7 heteroatoms. The summed E-state index contributed by atoms with van der Waals surface area (Å²) < 4.78 is 0. The molecule has 0 spiro atoms. The minimum Gasteiger partial charge on any atom is -0.361 e.